The highest BCUT2D eigenvalue weighted by atomic mass is 79.9. The number of amides is 2. The van der Waals surface area contributed by atoms with Gasteiger partial charge in [0.15, 0.2) is 0 Å². The van der Waals surface area contributed by atoms with Crippen LogP contribution in [0.2, 0.25) is 0 Å². The van der Waals surface area contributed by atoms with Gasteiger partial charge in [0.05, 0.1) is 22.5 Å². The molecule has 0 radical (unpaired) electrons. The van der Waals surface area contributed by atoms with E-state index in [9.17, 15) is 9.59 Å². The molecule has 0 unspecified atom stereocenters. The number of hydrazone groups is 1. The lowest BCUT2D eigenvalue weighted by molar-refractivity contribution is -0.139. The lowest BCUT2D eigenvalue weighted by atomic mass is 9.55. The molecule has 4 aliphatic rings. The van der Waals surface area contributed by atoms with E-state index in [-0.39, 0.29) is 23.7 Å². The Labute approximate surface area is 242 Å². The molecule has 1 aliphatic heterocycles. The summed E-state index contributed by atoms with van der Waals surface area (Å²) >= 11 is 7.02. The van der Waals surface area contributed by atoms with Crippen molar-refractivity contribution < 1.29 is 14.3 Å². The Morgan fingerprint density at radius 3 is 1.79 bits per heavy atom. The summed E-state index contributed by atoms with van der Waals surface area (Å²) < 4.78 is 7.75. The molecule has 39 heavy (non-hydrogen) atoms. The third-order valence-corrected chi connectivity index (χ3v) is 9.16. The monoisotopic (exact) mass is 640 g/mol. The third kappa shape index (κ3) is 3.98. The Morgan fingerprint density at radius 1 is 0.744 bits per heavy atom. The number of rotatable bonds is 5. The molecule has 0 saturated carbocycles. The minimum Gasteiger partial charge on any atom is -0.488 e. The van der Waals surface area contributed by atoms with Crippen LogP contribution in [0.4, 0.5) is 0 Å². The quantitative estimate of drug-likeness (QED) is 0.174. The fourth-order valence-electron chi connectivity index (χ4n) is 6.36. The van der Waals surface area contributed by atoms with Gasteiger partial charge >= 0.3 is 0 Å². The smallest absolute Gasteiger partial charge is 0.254 e. The Morgan fingerprint density at radius 2 is 1.28 bits per heavy atom. The summed E-state index contributed by atoms with van der Waals surface area (Å²) in [6, 6.07) is 30.0. The molecule has 7 heteroatoms. The average Bonchev–Trinajstić information content (AvgIpc) is 3.21. The standard InChI is InChI=1S/C32H22Br2N2O3/c33-20-12-9-18(10-13-20)17-39-26-14-11-19(15-25(26)34)16-35-36-31(37)29-27-21-5-1-2-6-22(21)28(30(29)32(36)38)24-8-4-3-7-23(24)27/h1-16,27-30H,17H2/b35-16-/t27?,28?,29-,30-/m0/s1. The van der Waals surface area contributed by atoms with Crippen LogP contribution in [-0.2, 0) is 16.2 Å². The number of hydrogen-bond acceptors (Lipinski definition) is 4. The van der Waals surface area contributed by atoms with Crippen LogP contribution in [0.5, 0.6) is 5.75 Å². The van der Waals surface area contributed by atoms with Crippen molar-refractivity contribution in [2.24, 2.45) is 16.9 Å². The van der Waals surface area contributed by atoms with E-state index in [1.165, 1.54) is 0 Å². The lowest BCUT2D eigenvalue weighted by Gasteiger charge is -2.45. The average molecular weight is 642 g/mol. The van der Waals surface area contributed by atoms with Gasteiger partial charge in [-0.2, -0.15) is 10.1 Å². The van der Waals surface area contributed by atoms with Crippen LogP contribution < -0.4 is 4.74 Å². The summed E-state index contributed by atoms with van der Waals surface area (Å²) in [5.74, 6) is -0.916. The van der Waals surface area contributed by atoms with Gasteiger partial charge in [0, 0.05) is 16.3 Å². The second-order valence-corrected chi connectivity index (χ2v) is 11.9. The Balaban J connectivity index is 1.14. The number of carbonyl (C=O) groups is 2. The van der Waals surface area contributed by atoms with Crippen molar-refractivity contribution >= 4 is 49.9 Å². The third-order valence-electron chi connectivity index (χ3n) is 8.01. The molecule has 1 saturated heterocycles. The van der Waals surface area contributed by atoms with Crippen LogP contribution >= 0.6 is 31.9 Å². The van der Waals surface area contributed by atoms with Crippen LogP contribution in [0.1, 0.15) is 45.2 Å². The molecule has 1 fully saturated rings. The van der Waals surface area contributed by atoms with Gasteiger partial charge in [-0.1, -0.05) is 76.6 Å². The van der Waals surface area contributed by atoms with Crippen LogP contribution in [0.25, 0.3) is 0 Å². The first-order valence-corrected chi connectivity index (χ1v) is 14.4. The summed E-state index contributed by atoms with van der Waals surface area (Å²) in [6.07, 6.45) is 1.57. The first-order chi connectivity index (χ1) is 19.0. The molecule has 0 spiro atoms. The Kier molecular flexibility index (Phi) is 6.01. The molecule has 4 aromatic carbocycles. The molecule has 0 aromatic heterocycles. The fourth-order valence-corrected chi connectivity index (χ4v) is 7.13. The van der Waals surface area contributed by atoms with Crippen LogP contribution in [-0.4, -0.2) is 23.0 Å². The SMILES string of the molecule is O=C1[C@H]2C3c4ccccc4C(c4ccccc43)[C@@H]2C(=O)N1/N=C\c1ccc(OCc2ccc(Br)cc2)c(Br)c1. The number of hydrogen-bond donors (Lipinski definition) is 0. The van der Waals surface area contributed by atoms with Gasteiger partial charge in [-0.05, 0) is 79.6 Å². The van der Waals surface area contributed by atoms with Crippen molar-refractivity contribution in [2.75, 3.05) is 0 Å². The number of halogens is 2. The summed E-state index contributed by atoms with van der Waals surface area (Å²) in [6.45, 7) is 0.436. The molecule has 8 rings (SSSR count). The predicted molar refractivity (Wildman–Crippen MR) is 156 cm³/mol. The Hall–Kier alpha value is -3.55. The Bertz CT molecular complexity index is 1550. The van der Waals surface area contributed by atoms with Crippen LogP contribution in [0.15, 0.2) is 105 Å². The fraction of sp³-hybridized carbons (Fsp3) is 0.156. The van der Waals surface area contributed by atoms with E-state index in [1.54, 1.807) is 6.21 Å². The van der Waals surface area contributed by atoms with E-state index in [2.05, 4.69) is 61.2 Å². The van der Waals surface area contributed by atoms with E-state index in [4.69, 9.17) is 4.74 Å². The summed E-state index contributed by atoms with van der Waals surface area (Å²) in [5, 5.41) is 5.51. The number of imide groups is 1. The minimum atomic E-state index is -0.439. The topological polar surface area (TPSA) is 59.0 Å². The maximum atomic E-state index is 13.7. The van der Waals surface area contributed by atoms with Gasteiger partial charge in [0.25, 0.3) is 11.8 Å². The van der Waals surface area contributed by atoms with Crippen molar-refractivity contribution in [3.63, 3.8) is 0 Å². The maximum absolute atomic E-state index is 13.7. The summed E-state index contributed by atoms with van der Waals surface area (Å²) in [4.78, 5) is 27.4. The largest absolute Gasteiger partial charge is 0.488 e. The van der Waals surface area contributed by atoms with E-state index < -0.39 is 11.8 Å². The lowest BCUT2D eigenvalue weighted by Crippen LogP contribution is -2.41. The molecule has 5 nitrogen and oxygen atoms in total. The van der Waals surface area contributed by atoms with Crippen LogP contribution in [0, 0.1) is 11.8 Å². The number of ether oxygens (including phenoxy) is 1. The van der Waals surface area contributed by atoms with Crippen molar-refractivity contribution in [1.82, 2.24) is 5.01 Å². The van der Waals surface area contributed by atoms with Gasteiger partial charge in [0.2, 0.25) is 0 Å². The number of nitrogens with zero attached hydrogens (tertiary/aromatic N) is 2. The zero-order valence-electron chi connectivity index (χ0n) is 20.6. The van der Waals surface area contributed by atoms with E-state index >= 15 is 0 Å². The van der Waals surface area contributed by atoms with Crippen LogP contribution in [0.3, 0.4) is 0 Å². The minimum absolute atomic E-state index is 0.139. The first-order valence-electron chi connectivity index (χ1n) is 12.8. The molecule has 3 aliphatic carbocycles. The summed E-state index contributed by atoms with van der Waals surface area (Å²) in [7, 11) is 0. The highest BCUT2D eigenvalue weighted by molar-refractivity contribution is 9.10. The van der Waals surface area contributed by atoms with Gasteiger partial charge in [-0.15, -0.1) is 0 Å². The van der Waals surface area contributed by atoms with Gasteiger partial charge in [-0.3, -0.25) is 9.59 Å². The maximum Gasteiger partial charge on any atom is 0.254 e. The molecule has 4 aromatic rings. The van der Waals surface area contributed by atoms with Crippen molar-refractivity contribution in [3.8, 4) is 5.75 Å². The molecule has 2 bridgehead atoms. The molecular weight excluding hydrogens is 620 g/mol. The van der Waals surface area contributed by atoms with Crippen molar-refractivity contribution in [1.29, 1.82) is 0 Å². The molecule has 1 heterocycles. The van der Waals surface area contributed by atoms with E-state index in [1.807, 2.05) is 66.7 Å². The summed E-state index contributed by atoms with van der Waals surface area (Å²) in [5.41, 5.74) is 6.41. The molecule has 2 atom stereocenters. The zero-order valence-corrected chi connectivity index (χ0v) is 23.8. The van der Waals surface area contributed by atoms with Gasteiger partial charge in [0.1, 0.15) is 12.4 Å². The first kappa shape index (κ1) is 24.5. The highest BCUT2D eigenvalue weighted by Gasteiger charge is 2.61. The van der Waals surface area contributed by atoms with Gasteiger partial charge < -0.3 is 4.74 Å². The van der Waals surface area contributed by atoms with Crippen molar-refractivity contribution in [3.05, 3.63) is 133 Å². The zero-order chi connectivity index (χ0) is 26.7. The molecule has 2 amide bonds. The van der Waals surface area contributed by atoms with E-state index in [0.717, 1.165) is 47.3 Å². The highest BCUT2D eigenvalue weighted by Crippen LogP contribution is 2.60. The second kappa shape index (κ2) is 9.57. The van der Waals surface area contributed by atoms with Gasteiger partial charge in [-0.25, -0.2) is 0 Å². The predicted octanol–water partition coefficient (Wildman–Crippen LogP) is 7.02. The molecular formula is C32H22Br2N2O3. The van der Waals surface area contributed by atoms with E-state index in [0.29, 0.717) is 12.4 Å². The molecule has 192 valence electrons. The number of benzene rings is 4. The molecule has 0 N–H and O–H groups in total. The van der Waals surface area contributed by atoms with Crippen molar-refractivity contribution in [2.45, 2.75) is 18.4 Å². The number of carbonyl (C=O) groups excluding carboxylic acids is 2. The normalized spacial score (nSPS) is 22.7. The second-order valence-electron chi connectivity index (χ2n) is 10.1.